The minimum absolute atomic E-state index is 0.0162. The van der Waals surface area contributed by atoms with Crippen molar-refractivity contribution in [3.63, 3.8) is 0 Å². The van der Waals surface area contributed by atoms with E-state index in [9.17, 15) is 4.79 Å². The maximum Gasteiger partial charge on any atom is 0.308 e. The van der Waals surface area contributed by atoms with Crippen molar-refractivity contribution in [2.24, 2.45) is 11.8 Å². The summed E-state index contributed by atoms with van der Waals surface area (Å²) in [6.07, 6.45) is 1.69. The fourth-order valence-corrected chi connectivity index (χ4v) is 1.05. The monoisotopic (exact) mass is 206 g/mol. The molecule has 0 aromatic rings. The molecule has 13 heavy (non-hydrogen) atoms. The molecule has 0 radical (unpaired) electrons. The molecule has 2 nitrogen and oxygen atoms in total. The summed E-state index contributed by atoms with van der Waals surface area (Å²) in [5.41, 5.74) is 0. The van der Waals surface area contributed by atoms with E-state index in [2.05, 4.69) is 0 Å². The van der Waals surface area contributed by atoms with Crippen LogP contribution in [-0.2, 0) is 9.53 Å². The van der Waals surface area contributed by atoms with Gasteiger partial charge in [0.05, 0.1) is 12.5 Å². The number of rotatable bonds is 6. The maximum atomic E-state index is 11.3. The lowest BCUT2D eigenvalue weighted by Crippen LogP contribution is -2.17. The minimum atomic E-state index is -0.0983. The molecule has 0 aliphatic rings. The predicted octanol–water partition coefficient (Wildman–Crippen LogP) is 2.84. The normalized spacial score (nSPS) is 13.0. The third-order valence-corrected chi connectivity index (χ3v) is 2.00. The van der Waals surface area contributed by atoms with Gasteiger partial charge in [-0.15, -0.1) is 11.6 Å². The van der Waals surface area contributed by atoms with Crippen LogP contribution in [0.25, 0.3) is 0 Å². The van der Waals surface area contributed by atoms with E-state index in [1.54, 1.807) is 0 Å². The van der Waals surface area contributed by atoms with E-state index in [0.717, 1.165) is 12.8 Å². The van der Waals surface area contributed by atoms with E-state index in [1.165, 1.54) is 0 Å². The van der Waals surface area contributed by atoms with Crippen molar-refractivity contribution in [3.05, 3.63) is 0 Å². The Balaban J connectivity index is 3.57. The standard InChI is InChI=1S/C10H19ClO2/c1-8(2)7-13-10(12)9(3)5-4-6-11/h8-9H,4-7H2,1-3H3. The van der Waals surface area contributed by atoms with Gasteiger partial charge in [-0.25, -0.2) is 0 Å². The summed E-state index contributed by atoms with van der Waals surface area (Å²) >= 11 is 5.53. The highest BCUT2D eigenvalue weighted by Crippen LogP contribution is 2.09. The summed E-state index contributed by atoms with van der Waals surface area (Å²) in [6.45, 7) is 6.45. The summed E-state index contributed by atoms with van der Waals surface area (Å²) in [5.74, 6) is 0.905. The van der Waals surface area contributed by atoms with Gasteiger partial charge in [0.2, 0.25) is 0 Å². The highest BCUT2D eigenvalue weighted by molar-refractivity contribution is 6.17. The quantitative estimate of drug-likeness (QED) is 0.494. The van der Waals surface area contributed by atoms with E-state index >= 15 is 0 Å². The molecule has 0 N–H and O–H groups in total. The molecule has 0 aromatic heterocycles. The third kappa shape index (κ3) is 6.88. The molecular weight excluding hydrogens is 188 g/mol. The van der Waals surface area contributed by atoms with Gasteiger partial charge in [0, 0.05) is 5.88 Å². The first-order chi connectivity index (χ1) is 6.07. The zero-order valence-electron chi connectivity index (χ0n) is 8.68. The average Bonchev–Trinajstić information content (AvgIpc) is 2.10. The second-order valence-corrected chi connectivity index (χ2v) is 4.13. The summed E-state index contributed by atoms with van der Waals surface area (Å²) in [5, 5.41) is 0. The first-order valence-corrected chi connectivity index (χ1v) is 5.34. The predicted molar refractivity (Wildman–Crippen MR) is 54.9 cm³/mol. The van der Waals surface area contributed by atoms with Crippen molar-refractivity contribution < 1.29 is 9.53 Å². The molecule has 1 unspecified atom stereocenters. The van der Waals surface area contributed by atoms with Gasteiger partial charge < -0.3 is 4.74 Å². The molecule has 0 fully saturated rings. The van der Waals surface area contributed by atoms with Crippen LogP contribution >= 0.6 is 11.6 Å². The second-order valence-electron chi connectivity index (χ2n) is 3.76. The van der Waals surface area contributed by atoms with Crippen LogP contribution in [0.4, 0.5) is 0 Å². The van der Waals surface area contributed by atoms with Crippen LogP contribution in [0.5, 0.6) is 0 Å². The average molecular weight is 207 g/mol. The molecular formula is C10H19ClO2. The van der Waals surface area contributed by atoms with Crippen molar-refractivity contribution in [3.8, 4) is 0 Å². The number of halogens is 1. The molecule has 0 saturated carbocycles. The van der Waals surface area contributed by atoms with Gasteiger partial charge >= 0.3 is 5.97 Å². The summed E-state index contributed by atoms with van der Waals surface area (Å²) in [7, 11) is 0. The number of alkyl halides is 1. The first kappa shape index (κ1) is 12.8. The number of carbonyl (C=O) groups excluding carboxylic acids is 1. The molecule has 0 saturated heterocycles. The highest BCUT2D eigenvalue weighted by atomic mass is 35.5. The van der Waals surface area contributed by atoms with Crippen LogP contribution < -0.4 is 0 Å². The lowest BCUT2D eigenvalue weighted by atomic mass is 10.1. The SMILES string of the molecule is CC(C)COC(=O)C(C)CCCCl. The smallest absolute Gasteiger partial charge is 0.308 e. The summed E-state index contributed by atoms with van der Waals surface area (Å²) in [6, 6.07) is 0. The molecule has 3 heteroatoms. The van der Waals surface area contributed by atoms with Gasteiger partial charge in [-0.3, -0.25) is 4.79 Å². The highest BCUT2D eigenvalue weighted by Gasteiger charge is 2.13. The van der Waals surface area contributed by atoms with Crippen LogP contribution in [-0.4, -0.2) is 18.5 Å². The van der Waals surface area contributed by atoms with Gasteiger partial charge in [0.25, 0.3) is 0 Å². The van der Waals surface area contributed by atoms with Crippen molar-refractivity contribution in [1.29, 1.82) is 0 Å². The molecule has 1 atom stereocenters. The number of esters is 1. The van der Waals surface area contributed by atoms with Crippen LogP contribution in [0.1, 0.15) is 33.6 Å². The fourth-order valence-electron chi connectivity index (χ4n) is 0.892. The Morgan fingerprint density at radius 3 is 2.46 bits per heavy atom. The molecule has 0 rings (SSSR count). The Morgan fingerprint density at radius 1 is 1.38 bits per heavy atom. The van der Waals surface area contributed by atoms with Gasteiger partial charge in [0.1, 0.15) is 0 Å². The van der Waals surface area contributed by atoms with Gasteiger partial charge in [-0.1, -0.05) is 20.8 Å². The summed E-state index contributed by atoms with van der Waals surface area (Å²) in [4.78, 5) is 11.3. The van der Waals surface area contributed by atoms with E-state index in [1.807, 2.05) is 20.8 Å². The second kappa shape index (κ2) is 7.19. The maximum absolute atomic E-state index is 11.3. The van der Waals surface area contributed by atoms with E-state index < -0.39 is 0 Å². The Morgan fingerprint density at radius 2 is 2.00 bits per heavy atom. The fraction of sp³-hybridized carbons (Fsp3) is 0.900. The van der Waals surface area contributed by atoms with E-state index in [-0.39, 0.29) is 11.9 Å². The van der Waals surface area contributed by atoms with Crippen molar-refractivity contribution in [2.45, 2.75) is 33.6 Å². The van der Waals surface area contributed by atoms with Crippen LogP contribution in [0, 0.1) is 11.8 Å². The summed E-state index contributed by atoms with van der Waals surface area (Å²) < 4.78 is 5.08. The zero-order valence-corrected chi connectivity index (χ0v) is 9.43. The Kier molecular flexibility index (Phi) is 7.06. The molecule has 0 aromatic carbocycles. The van der Waals surface area contributed by atoms with Gasteiger partial charge in [0.15, 0.2) is 0 Å². The number of hydrogen-bond donors (Lipinski definition) is 0. The Hall–Kier alpha value is -0.240. The number of hydrogen-bond acceptors (Lipinski definition) is 2. The molecule has 0 aliphatic carbocycles. The number of carbonyl (C=O) groups is 1. The number of ether oxygens (including phenoxy) is 1. The minimum Gasteiger partial charge on any atom is -0.465 e. The van der Waals surface area contributed by atoms with Crippen LogP contribution in [0.15, 0.2) is 0 Å². The molecule has 78 valence electrons. The molecule has 0 aliphatic heterocycles. The van der Waals surface area contributed by atoms with Gasteiger partial charge in [-0.05, 0) is 18.8 Å². The lowest BCUT2D eigenvalue weighted by Gasteiger charge is -2.11. The van der Waals surface area contributed by atoms with Crippen molar-refractivity contribution >= 4 is 17.6 Å². The molecule has 0 heterocycles. The van der Waals surface area contributed by atoms with Crippen LogP contribution in [0.2, 0.25) is 0 Å². The molecule has 0 spiro atoms. The van der Waals surface area contributed by atoms with E-state index in [0.29, 0.717) is 18.4 Å². The topological polar surface area (TPSA) is 26.3 Å². The zero-order chi connectivity index (χ0) is 10.3. The first-order valence-electron chi connectivity index (χ1n) is 4.80. The van der Waals surface area contributed by atoms with Crippen LogP contribution in [0.3, 0.4) is 0 Å². The van der Waals surface area contributed by atoms with E-state index in [4.69, 9.17) is 16.3 Å². The largest absolute Gasteiger partial charge is 0.465 e. The van der Waals surface area contributed by atoms with Gasteiger partial charge in [-0.2, -0.15) is 0 Å². The molecule has 0 bridgehead atoms. The lowest BCUT2D eigenvalue weighted by molar-refractivity contribution is -0.149. The Bertz CT molecular complexity index is 146. The van der Waals surface area contributed by atoms with Crippen molar-refractivity contribution in [1.82, 2.24) is 0 Å². The Labute approximate surface area is 85.6 Å². The molecule has 0 amide bonds. The van der Waals surface area contributed by atoms with Crippen molar-refractivity contribution in [2.75, 3.05) is 12.5 Å². The third-order valence-electron chi connectivity index (χ3n) is 1.73.